The van der Waals surface area contributed by atoms with Crippen molar-refractivity contribution < 1.29 is 9.59 Å². The van der Waals surface area contributed by atoms with Gasteiger partial charge in [-0.2, -0.15) is 0 Å². The SMILES string of the molecule is CCCCNC(=O)N[C@@H](C)C(=O)Nc1nnc(-c2ccc(C)cc2)s1. The number of amides is 3. The van der Waals surface area contributed by atoms with Crippen LogP contribution >= 0.6 is 11.3 Å². The summed E-state index contributed by atoms with van der Waals surface area (Å²) in [7, 11) is 0. The van der Waals surface area contributed by atoms with E-state index in [-0.39, 0.29) is 11.9 Å². The van der Waals surface area contributed by atoms with Crippen molar-refractivity contribution in [1.82, 2.24) is 20.8 Å². The predicted octanol–water partition coefficient (Wildman–Crippen LogP) is 2.94. The van der Waals surface area contributed by atoms with Crippen LogP contribution in [-0.4, -0.2) is 34.7 Å². The number of aromatic nitrogens is 2. The van der Waals surface area contributed by atoms with E-state index >= 15 is 0 Å². The van der Waals surface area contributed by atoms with E-state index in [0.717, 1.165) is 23.4 Å². The Balaban J connectivity index is 1.88. The monoisotopic (exact) mass is 361 g/mol. The van der Waals surface area contributed by atoms with Crippen molar-refractivity contribution in [1.29, 1.82) is 0 Å². The zero-order valence-corrected chi connectivity index (χ0v) is 15.4. The molecule has 2 aromatic rings. The molecule has 1 heterocycles. The Morgan fingerprint density at radius 3 is 2.60 bits per heavy atom. The first-order valence-corrected chi connectivity index (χ1v) is 9.07. The second kappa shape index (κ2) is 9.12. The smallest absolute Gasteiger partial charge is 0.315 e. The average Bonchev–Trinajstić information content (AvgIpc) is 3.04. The summed E-state index contributed by atoms with van der Waals surface area (Å²) in [4.78, 5) is 23.8. The summed E-state index contributed by atoms with van der Waals surface area (Å²) < 4.78 is 0. The highest BCUT2D eigenvalue weighted by atomic mass is 32.1. The highest BCUT2D eigenvalue weighted by Gasteiger charge is 2.17. The topological polar surface area (TPSA) is 96.0 Å². The van der Waals surface area contributed by atoms with Crippen LogP contribution < -0.4 is 16.0 Å². The van der Waals surface area contributed by atoms with Gasteiger partial charge in [-0.05, 0) is 20.3 Å². The summed E-state index contributed by atoms with van der Waals surface area (Å²) in [6.45, 7) is 6.27. The van der Waals surface area contributed by atoms with Gasteiger partial charge >= 0.3 is 6.03 Å². The van der Waals surface area contributed by atoms with Crippen molar-refractivity contribution in [2.24, 2.45) is 0 Å². The van der Waals surface area contributed by atoms with Gasteiger partial charge in [-0.15, -0.1) is 10.2 Å². The van der Waals surface area contributed by atoms with Crippen LogP contribution in [0.4, 0.5) is 9.93 Å². The molecule has 3 N–H and O–H groups in total. The molecule has 0 saturated heterocycles. The van der Waals surface area contributed by atoms with Gasteiger partial charge in [0, 0.05) is 12.1 Å². The molecule has 0 unspecified atom stereocenters. The number of hydrogen-bond acceptors (Lipinski definition) is 5. The van der Waals surface area contributed by atoms with Crippen LogP contribution in [0.1, 0.15) is 32.3 Å². The number of nitrogens with zero attached hydrogens (tertiary/aromatic N) is 2. The van der Waals surface area contributed by atoms with Crippen LogP contribution in [0.15, 0.2) is 24.3 Å². The van der Waals surface area contributed by atoms with E-state index < -0.39 is 6.04 Å². The molecule has 3 amide bonds. The second-order valence-corrected chi connectivity index (χ2v) is 6.72. The Labute approximate surface area is 151 Å². The van der Waals surface area contributed by atoms with Gasteiger partial charge in [-0.3, -0.25) is 10.1 Å². The minimum absolute atomic E-state index is 0.336. The maximum absolute atomic E-state index is 12.2. The van der Waals surface area contributed by atoms with E-state index in [2.05, 4.69) is 26.1 Å². The van der Waals surface area contributed by atoms with Gasteiger partial charge in [0.25, 0.3) is 0 Å². The number of rotatable bonds is 7. The molecular weight excluding hydrogens is 338 g/mol. The van der Waals surface area contributed by atoms with Gasteiger partial charge in [0.05, 0.1) is 0 Å². The van der Waals surface area contributed by atoms with Crippen molar-refractivity contribution >= 4 is 28.4 Å². The fourth-order valence-corrected chi connectivity index (χ4v) is 2.74. The van der Waals surface area contributed by atoms with E-state index in [1.54, 1.807) is 6.92 Å². The third kappa shape index (κ3) is 5.82. The lowest BCUT2D eigenvalue weighted by Crippen LogP contribution is -2.46. The Morgan fingerprint density at radius 1 is 1.20 bits per heavy atom. The van der Waals surface area contributed by atoms with Crippen LogP contribution in [-0.2, 0) is 4.79 Å². The fraction of sp³-hybridized carbons (Fsp3) is 0.412. The van der Waals surface area contributed by atoms with Gasteiger partial charge in [-0.1, -0.05) is 54.5 Å². The summed E-state index contributed by atoms with van der Waals surface area (Å²) in [6.07, 6.45) is 1.90. The number of hydrogen-bond donors (Lipinski definition) is 3. The van der Waals surface area contributed by atoms with Crippen LogP contribution in [0.5, 0.6) is 0 Å². The van der Waals surface area contributed by atoms with Crippen molar-refractivity contribution in [3.05, 3.63) is 29.8 Å². The van der Waals surface area contributed by atoms with E-state index in [0.29, 0.717) is 11.7 Å². The molecule has 0 aliphatic heterocycles. The van der Waals surface area contributed by atoms with E-state index in [4.69, 9.17) is 0 Å². The van der Waals surface area contributed by atoms with E-state index in [1.165, 1.54) is 16.9 Å². The largest absolute Gasteiger partial charge is 0.338 e. The predicted molar refractivity (Wildman–Crippen MR) is 99.6 cm³/mol. The molecule has 8 heteroatoms. The molecule has 1 atom stereocenters. The molecule has 0 aliphatic rings. The second-order valence-electron chi connectivity index (χ2n) is 5.74. The zero-order chi connectivity index (χ0) is 18.2. The fourth-order valence-electron chi connectivity index (χ4n) is 1.99. The van der Waals surface area contributed by atoms with Crippen molar-refractivity contribution in [2.45, 2.75) is 39.7 Å². The van der Waals surface area contributed by atoms with Gasteiger partial charge in [-0.25, -0.2) is 4.79 Å². The van der Waals surface area contributed by atoms with Crippen LogP contribution in [0.2, 0.25) is 0 Å². The normalized spacial score (nSPS) is 11.6. The summed E-state index contributed by atoms with van der Waals surface area (Å²) in [6, 6.07) is 6.90. The molecule has 25 heavy (non-hydrogen) atoms. The first-order chi connectivity index (χ1) is 12.0. The van der Waals surface area contributed by atoms with Gasteiger partial charge in [0.1, 0.15) is 11.0 Å². The van der Waals surface area contributed by atoms with Gasteiger partial charge < -0.3 is 10.6 Å². The highest BCUT2D eigenvalue weighted by molar-refractivity contribution is 7.18. The quantitative estimate of drug-likeness (QED) is 0.661. The van der Waals surface area contributed by atoms with Crippen molar-refractivity contribution in [3.63, 3.8) is 0 Å². The maximum atomic E-state index is 12.2. The van der Waals surface area contributed by atoms with Crippen molar-refractivity contribution in [2.75, 3.05) is 11.9 Å². The van der Waals surface area contributed by atoms with E-state index in [9.17, 15) is 9.59 Å². The molecule has 0 spiro atoms. The number of carbonyl (C=O) groups is 2. The first kappa shape index (κ1) is 18.9. The number of aryl methyl sites for hydroxylation is 1. The van der Waals surface area contributed by atoms with Crippen LogP contribution in [0.25, 0.3) is 10.6 Å². The summed E-state index contributed by atoms with van der Waals surface area (Å²) in [5.74, 6) is -0.336. The Bertz CT molecular complexity index is 714. The van der Waals surface area contributed by atoms with Crippen molar-refractivity contribution in [3.8, 4) is 10.6 Å². The number of carbonyl (C=O) groups excluding carboxylic acids is 2. The minimum Gasteiger partial charge on any atom is -0.338 e. The number of urea groups is 1. The molecule has 1 aromatic carbocycles. The van der Waals surface area contributed by atoms with Gasteiger partial charge in [0.15, 0.2) is 0 Å². The number of unbranched alkanes of at least 4 members (excludes halogenated alkanes) is 1. The molecule has 0 aliphatic carbocycles. The molecule has 0 fully saturated rings. The van der Waals surface area contributed by atoms with Gasteiger partial charge in [0.2, 0.25) is 11.0 Å². The zero-order valence-electron chi connectivity index (χ0n) is 14.6. The minimum atomic E-state index is -0.673. The first-order valence-electron chi connectivity index (χ1n) is 8.25. The summed E-state index contributed by atoms with van der Waals surface area (Å²) >= 11 is 1.29. The van der Waals surface area contributed by atoms with Crippen LogP contribution in [0.3, 0.4) is 0 Å². The Morgan fingerprint density at radius 2 is 1.92 bits per heavy atom. The molecule has 2 rings (SSSR count). The highest BCUT2D eigenvalue weighted by Crippen LogP contribution is 2.26. The lowest BCUT2D eigenvalue weighted by atomic mass is 10.2. The summed E-state index contributed by atoms with van der Waals surface area (Å²) in [5, 5.41) is 17.2. The number of benzene rings is 1. The molecule has 0 saturated carbocycles. The standard InChI is InChI=1S/C17H23N5O2S/c1-4-5-10-18-16(24)19-12(3)14(23)20-17-22-21-15(25-17)13-8-6-11(2)7-9-13/h6-9,12H,4-5,10H2,1-3H3,(H2,18,19,24)(H,20,22,23)/t12-/m0/s1. The third-order valence-electron chi connectivity index (χ3n) is 3.51. The van der Waals surface area contributed by atoms with E-state index in [1.807, 2.05) is 38.1 Å². The molecule has 134 valence electrons. The lowest BCUT2D eigenvalue weighted by Gasteiger charge is -2.13. The molecule has 0 bridgehead atoms. The molecular formula is C17H23N5O2S. The summed E-state index contributed by atoms with van der Waals surface area (Å²) in [5.41, 5.74) is 2.11. The Kier molecular flexibility index (Phi) is 6.88. The molecule has 1 aromatic heterocycles. The van der Waals surface area contributed by atoms with Crippen LogP contribution in [0, 0.1) is 6.92 Å². The Hall–Kier alpha value is -2.48. The average molecular weight is 361 g/mol. The third-order valence-corrected chi connectivity index (χ3v) is 4.40. The maximum Gasteiger partial charge on any atom is 0.315 e. The molecule has 7 nitrogen and oxygen atoms in total. The number of nitrogens with one attached hydrogen (secondary N) is 3. The lowest BCUT2D eigenvalue weighted by molar-refractivity contribution is -0.117. The number of anilines is 1. The molecule has 0 radical (unpaired) electrons.